The molecule has 2 heterocycles. The maximum atomic E-state index is 5.87. The van der Waals surface area contributed by atoms with Gasteiger partial charge in [0.1, 0.15) is 24.7 Å². The molecule has 6 heteroatoms. The monoisotopic (exact) mass is 448 g/mol. The molecule has 5 aromatic rings. The van der Waals surface area contributed by atoms with Crippen molar-refractivity contribution in [2.24, 2.45) is 0 Å². The van der Waals surface area contributed by atoms with Gasteiger partial charge in [-0.1, -0.05) is 72.8 Å². The van der Waals surface area contributed by atoms with Crippen LogP contribution in [0.4, 0.5) is 0 Å². The summed E-state index contributed by atoms with van der Waals surface area (Å²) in [5, 5.41) is 0. The lowest BCUT2D eigenvalue weighted by Gasteiger charge is -2.12. The van der Waals surface area contributed by atoms with Crippen LogP contribution in [0.1, 0.15) is 5.56 Å². The van der Waals surface area contributed by atoms with Crippen LogP contribution in [0.25, 0.3) is 22.5 Å². The van der Waals surface area contributed by atoms with E-state index in [0.29, 0.717) is 19.1 Å². The fraction of sp³-hybridized carbons (Fsp3) is 0.107. The van der Waals surface area contributed by atoms with Crippen LogP contribution in [0, 0.1) is 0 Å². The average Bonchev–Trinajstić information content (AvgIpc) is 3.42. The summed E-state index contributed by atoms with van der Waals surface area (Å²) in [6, 6.07) is 28.1. The number of imidazole rings is 1. The largest absolute Gasteiger partial charge is 0.490 e. The maximum Gasteiger partial charge on any atom is 0.233 e. The highest BCUT2D eigenvalue weighted by Gasteiger charge is 2.12. The summed E-state index contributed by atoms with van der Waals surface area (Å²) in [5.41, 5.74) is 4.81. The number of benzene rings is 3. The quantitative estimate of drug-likeness (QED) is 0.278. The lowest BCUT2D eigenvalue weighted by Crippen LogP contribution is -2.10. The molecule has 5 rings (SSSR count). The minimum absolute atomic E-state index is 0.365. The van der Waals surface area contributed by atoms with Gasteiger partial charge >= 0.3 is 0 Å². The van der Waals surface area contributed by atoms with Gasteiger partial charge in [0.2, 0.25) is 5.88 Å². The van der Waals surface area contributed by atoms with Crippen molar-refractivity contribution in [3.63, 3.8) is 0 Å². The average molecular weight is 449 g/mol. The molecule has 168 valence electrons. The van der Waals surface area contributed by atoms with Crippen LogP contribution < -0.4 is 9.47 Å². The van der Waals surface area contributed by atoms with Crippen molar-refractivity contribution >= 4 is 0 Å². The molecule has 0 fully saturated rings. The molecule has 2 aromatic heterocycles. The van der Waals surface area contributed by atoms with E-state index >= 15 is 0 Å². The van der Waals surface area contributed by atoms with Gasteiger partial charge < -0.3 is 14.0 Å². The van der Waals surface area contributed by atoms with E-state index in [4.69, 9.17) is 14.5 Å². The maximum absolute atomic E-state index is 5.87. The Kier molecular flexibility index (Phi) is 6.57. The van der Waals surface area contributed by atoms with Gasteiger partial charge in [-0.3, -0.25) is 0 Å². The summed E-state index contributed by atoms with van der Waals surface area (Å²) in [7, 11) is 0. The van der Waals surface area contributed by atoms with E-state index < -0.39 is 0 Å². The second-order valence-electron chi connectivity index (χ2n) is 7.71. The van der Waals surface area contributed by atoms with Gasteiger partial charge in [0.05, 0.1) is 18.2 Å². The van der Waals surface area contributed by atoms with Gasteiger partial charge in [-0.25, -0.2) is 15.0 Å². The molecule has 0 aliphatic heterocycles. The van der Waals surface area contributed by atoms with Crippen molar-refractivity contribution in [3.8, 4) is 34.1 Å². The van der Waals surface area contributed by atoms with Crippen LogP contribution in [-0.2, 0) is 6.54 Å². The standard InChI is InChI=1S/C28H24N4O2/c1-3-7-23(8-4-1)27-28(24-9-5-2-6-10-24)31-26(19-30-27)34-18-17-33-25-13-11-22(12-14-25)20-32-16-15-29-21-32/h1-16,19,21H,17-18,20H2. The summed E-state index contributed by atoms with van der Waals surface area (Å²) in [5.74, 6) is 1.27. The molecule has 0 amide bonds. The van der Waals surface area contributed by atoms with Crippen molar-refractivity contribution < 1.29 is 9.47 Å². The fourth-order valence-electron chi connectivity index (χ4n) is 3.63. The van der Waals surface area contributed by atoms with Gasteiger partial charge in [-0.15, -0.1) is 0 Å². The third kappa shape index (κ3) is 5.30. The molecule has 0 spiro atoms. The highest BCUT2D eigenvalue weighted by molar-refractivity contribution is 5.77. The molecule has 0 radical (unpaired) electrons. The topological polar surface area (TPSA) is 62.1 Å². The van der Waals surface area contributed by atoms with Crippen molar-refractivity contribution in [1.29, 1.82) is 0 Å². The molecule has 6 nitrogen and oxygen atoms in total. The summed E-state index contributed by atoms with van der Waals surface area (Å²) >= 11 is 0. The first-order valence-electron chi connectivity index (χ1n) is 11.1. The zero-order chi connectivity index (χ0) is 23.0. The van der Waals surface area contributed by atoms with E-state index in [1.165, 1.54) is 5.56 Å². The van der Waals surface area contributed by atoms with E-state index in [1.54, 1.807) is 18.7 Å². The van der Waals surface area contributed by atoms with Gasteiger partial charge in [0.25, 0.3) is 0 Å². The third-order valence-corrected chi connectivity index (χ3v) is 5.29. The number of rotatable bonds is 9. The molecule has 0 atom stereocenters. The van der Waals surface area contributed by atoms with Crippen LogP contribution in [0.5, 0.6) is 11.6 Å². The van der Waals surface area contributed by atoms with E-state index in [9.17, 15) is 0 Å². The Labute approximate surface area is 198 Å². The Bertz CT molecular complexity index is 1310. The summed E-state index contributed by atoms with van der Waals surface area (Å²) < 4.78 is 13.7. The van der Waals surface area contributed by atoms with Crippen LogP contribution in [0.3, 0.4) is 0 Å². The molecular formula is C28H24N4O2. The van der Waals surface area contributed by atoms with Crippen LogP contribution in [-0.4, -0.2) is 32.7 Å². The SMILES string of the molecule is c1ccc(-c2ncc(OCCOc3ccc(Cn4ccnc4)cc3)nc2-c2ccccc2)cc1. The fourth-order valence-corrected chi connectivity index (χ4v) is 3.63. The summed E-state index contributed by atoms with van der Waals surface area (Å²) in [6.45, 7) is 1.55. The minimum Gasteiger partial charge on any atom is -0.490 e. The molecule has 34 heavy (non-hydrogen) atoms. The van der Waals surface area contributed by atoms with E-state index in [-0.39, 0.29) is 0 Å². The predicted octanol–water partition coefficient (Wildman–Crippen LogP) is 5.51. The lowest BCUT2D eigenvalue weighted by molar-refractivity contribution is 0.211. The van der Waals surface area contributed by atoms with Crippen molar-refractivity contribution in [2.75, 3.05) is 13.2 Å². The highest BCUT2D eigenvalue weighted by Crippen LogP contribution is 2.30. The second-order valence-corrected chi connectivity index (χ2v) is 7.71. The minimum atomic E-state index is 0.365. The molecular weight excluding hydrogens is 424 g/mol. The summed E-state index contributed by atoms with van der Waals surface area (Å²) in [6.07, 6.45) is 7.19. The van der Waals surface area contributed by atoms with E-state index in [0.717, 1.165) is 34.8 Å². The van der Waals surface area contributed by atoms with Gasteiger partial charge in [0, 0.05) is 30.1 Å². The van der Waals surface area contributed by atoms with Crippen LogP contribution >= 0.6 is 0 Å². The third-order valence-electron chi connectivity index (χ3n) is 5.29. The van der Waals surface area contributed by atoms with Gasteiger partial charge in [-0.2, -0.15) is 0 Å². The van der Waals surface area contributed by atoms with Gasteiger partial charge in [0.15, 0.2) is 0 Å². The highest BCUT2D eigenvalue weighted by atomic mass is 16.5. The van der Waals surface area contributed by atoms with E-state index in [2.05, 4.69) is 22.1 Å². The molecule has 0 bridgehead atoms. The molecule has 3 aromatic carbocycles. The Morgan fingerprint density at radius 1 is 0.706 bits per heavy atom. The Hall–Kier alpha value is -4.45. The first-order chi connectivity index (χ1) is 16.8. The Balaban J connectivity index is 1.22. The molecule has 0 aliphatic rings. The van der Waals surface area contributed by atoms with E-state index in [1.807, 2.05) is 83.6 Å². The molecule has 0 aliphatic carbocycles. The zero-order valence-corrected chi connectivity index (χ0v) is 18.6. The van der Waals surface area contributed by atoms with Crippen molar-refractivity contribution in [1.82, 2.24) is 19.5 Å². The number of aromatic nitrogens is 4. The summed E-state index contributed by atoms with van der Waals surface area (Å²) in [4.78, 5) is 13.5. The Morgan fingerprint density at radius 3 is 2.06 bits per heavy atom. The molecule has 0 saturated heterocycles. The first kappa shape index (κ1) is 21.4. The molecule has 0 unspecified atom stereocenters. The molecule has 0 saturated carbocycles. The van der Waals surface area contributed by atoms with Crippen molar-refractivity contribution in [2.45, 2.75) is 6.54 Å². The number of nitrogens with zero attached hydrogens (tertiary/aromatic N) is 4. The number of hydrogen-bond donors (Lipinski definition) is 0. The zero-order valence-electron chi connectivity index (χ0n) is 18.6. The Morgan fingerprint density at radius 2 is 1.38 bits per heavy atom. The normalized spacial score (nSPS) is 10.7. The van der Waals surface area contributed by atoms with Crippen LogP contribution in [0.15, 0.2) is 110 Å². The molecule has 0 N–H and O–H groups in total. The van der Waals surface area contributed by atoms with Crippen molar-refractivity contribution in [3.05, 3.63) is 115 Å². The second kappa shape index (κ2) is 10.4. The van der Waals surface area contributed by atoms with Gasteiger partial charge in [-0.05, 0) is 17.7 Å². The smallest absolute Gasteiger partial charge is 0.233 e. The predicted molar refractivity (Wildman–Crippen MR) is 132 cm³/mol. The number of hydrogen-bond acceptors (Lipinski definition) is 5. The first-order valence-corrected chi connectivity index (χ1v) is 11.1. The lowest BCUT2D eigenvalue weighted by atomic mass is 10.0. The van der Waals surface area contributed by atoms with Crippen LogP contribution in [0.2, 0.25) is 0 Å². The number of ether oxygens (including phenoxy) is 2.